The number of ether oxygens (including phenoxy) is 1. The zero-order chi connectivity index (χ0) is 24.4. The van der Waals surface area contributed by atoms with Gasteiger partial charge in [0.15, 0.2) is 5.75 Å². The first-order valence-corrected chi connectivity index (χ1v) is 13.1. The van der Waals surface area contributed by atoms with Crippen LogP contribution in [0.15, 0.2) is 77.9 Å². The maximum Gasteiger partial charge on any atom is 0.282 e. The minimum Gasteiger partial charge on any atom is -0.486 e. The SMILES string of the molecule is CC(C)c1nc2ccc(Br)cc2c(=O)n1N=Cc1cc(Cl)c(OCc2ccc(Br)cc2)c(Br)c1. The van der Waals surface area contributed by atoms with Crippen molar-refractivity contribution in [2.45, 2.75) is 26.4 Å². The van der Waals surface area contributed by atoms with Crippen molar-refractivity contribution in [3.63, 3.8) is 0 Å². The maximum atomic E-state index is 13.2. The summed E-state index contributed by atoms with van der Waals surface area (Å²) in [7, 11) is 0. The van der Waals surface area contributed by atoms with Crippen molar-refractivity contribution >= 4 is 76.5 Å². The van der Waals surface area contributed by atoms with Crippen LogP contribution >= 0.6 is 59.4 Å². The van der Waals surface area contributed by atoms with Crippen molar-refractivity contribution in [3.8, 4) is 5.75 Å². The molecule has 4 rings (SSSR count). The van der Waals surface area contributed by atoms with Crippen molar-refractivity contribution in [1.29, 1.82) is 0 Å². The van der Waals surface area contributed by atoms with Gasteiger partial charge in [-0.1, -0.05) is 69.4 Å². The molecule has 0 aliphatic rings. The molecular weight excluding hydrogens is 649 g/mol. The van der Waals surface area contributed by atoms with Gasteiger partial charge in [-0.3, -0.25) is 4.79 Å². The Bertz CT molecular complexity index is 1430. The first-order chi connectivity index (χ1) is 16.2. The van der Waals surface area contributed by atoms with E-state index in [9.17, 15) is 4.79 Å². The first kappa shape index (κ1) is 25.1. The van der Waals surface area contributed by atoms with Crippen LogP contribution in [-0.2, 0) is 6.61 Å². The second kappa shape index (κ2) is 10.7. The van der Waals surface area contributed by atoms with Crippen LogP contribution in [0.2, 0.25) is 5.02 Å². The van der Waals surface area contributed by atoms with Gasteiger partial charge in [0.2, 0.25) is 0 Å². The quantitative estimate of drug-likeness (QED) is 0.196. The fourth-order valence-electron chi connectivity index (χ4n) is 3.30. The molecule has 3 aromatic carbocycles. The molecule has 1 heterocycles. The first-order valence-electron chi connectivity index (χ1n) is 10.4. The van der Waals surface area contributed by atoms with Crippen LogP contribution in [0.4, 0.5) is 0 Å². The van der Waals surface area contributed by atoms with Crippen LogP contribution in [0, 0.1) is 0 Å². The van der Waals surface area contributed by atoms with Crippen molar-refractivity contribution < 1.29 is 4.74 Å². The van der Waals surface area contributed by atoms with Crippen LogP contribution in [0.25, 0.3) is 10.9 Å². The Hall–Kier alpha value is -2.00. The monoisotopic (exact) mass is 665 g/mol. The molecule has 0 saturated carbocycles. The fourth-order valence-corrected chi connectivity index (χ4v) is 4.92. The molecule has 0 aliphatic carbocycles. The van der Waals surface area contributed by atoms with E-state index in [2.05, 4.69) is 57.9 Å². The molecule has 4 aromatic rings. The van der Waals surface area contributed by atoms with Crippen LogP contribution in [0.3, 0.4) is 0 Å². The summed E-state index contributed by atoms with van der Waals surface area (Å²) < 4.78 is 9.78. The predicted octanol–water partition coefficient (Wildman–Crippen LogP) is 7.92. The molecule has 0 amide bonds. The zero-order valence-corrected chi connectivity index (χ0v) is 23.7. The van der Waals surface area contributed by atoms with Gasteiger partial charge in [0.1, 0.15) is 12.4 Å². The highest BCUT2D eigenvalue weighted by atomic mass is 79.9. The van der Waals surface area contributed by atoms with Crippen LogP contribution < -0.4 is 10.3 Å². The van der Waals surface area contributed by atoms with E-state index < -0.39 is 0 Å². The summed E-state index contributed by atoms with van der Waals surface area (Å²) in [4.78, 5) is 17.9. The Labute approximate surface area is 227 Å². The van der Waals surface area contributed by atoms with Crippen molar-refractivity contribution in [2.24, 2.45) is 5.10 Å². The number of benzene rings is 3. The lowest BCUT2D eigenvalue weighted by Crippen LogP contribution is -2.23. The van der Waals surface area contributed by atoms with Crippen LogP contribution in [-0.4, -0.2) is 15.9 Å². The van der Waals surface area contributed by atoms with Gasteiger partial charge < -0.3 is 4.74 Å². The van der Waals surface area contributed by atoms with Crippen molar-refractivity contribution in [3.05, 3.63) is 100 Å². The molecule has 0 N–H and O–H groups in total. The number of nitrogens with zero attached hydrogens (tertiary/aromatic N) is 3. The Morgan fingerprint density at radius 3 is 2.44 bits per heavy atom. The molecule has 0 fully saturated rings. The molecule has 0 aliphatic heterocycles. The zero-order valence-electron chi connectivity index (χ0n) is 18.2. The van der Waals surface area contributed by atoms with Gasteiger partial charge in [-0.05, 0) is 69.5 Å². The molecule has 5 nitrogen and oxygen atoms in total. The van der Waals surface area contributed by atoms with E-state index in [0.717, 1.165) is 14.5 Å². The minimum atomic E-state index is -0.231. The van der Waals surface area contributed by atoms with E-state index in [4.69, 9.17) is 16.3 Å². The minimum absolute atomic E-state index is 0.00241. The summed E-state index contributed by atoms with van der Waals surface area (Å²) in [5.74, 6) is 1.12. The predicted molar refractivity (Wildman–Crippen MR) is 148 cm³/mol. The van der Waals surface area contributed by atoms with E-state index in [1.165, 1.54) is 4.68 Å². The number of rotatable bonds is 6. The van der Waals surface area contributed by atoms with Gasteiger partial charge in [-0.15, -0.1) is 0 Å². The summed E-state index contributed by atoms with van der Waals surface area (Å²) >= 11 is 16.9. The summed E-state index contributed by atoms with van der Waals surface area (Å²) in [6.45, 7) is 4.33. The van der Waals surface area contributed by atoms with Gasteiger partial charge in [0, 0.05) is 14.9 Å². The third-order valence-corrected chi connectivity index (χ3v) is 6.88. The van der Waals surface area contributed by atoms with Gasteiger partial charge >= 0.3 is 0 Å². The topological polar surface area (TPSA) is 56.5 Å². The lowest BCUT2D eigenvalue weighted by Gasteiger charge is -2.13. The smallest absolute Gasteiger partial charge is 0.282 e. The van der Waals surface area contributed by atoms with E-state index in [1.807, 2.05) is 56.3 Å². The number of fused-ring (bicyclic) bond motifs is 1. The Balaban J connectivity index is 1.65. The molecule has 34 heavy (non-hydrogen) atoms. The Morgan fingerprint density at radius 1 is 1.06 bits per heavy atom. The van der Waals surface area contributed by atoms with Crippen LogP contribution in [0.1, 0.15) is 36.7 Å². The highest BCUT2D eigenvalue weighted by Gasteiger charge is 2.14. The normalized spacial score (nSPS) is 11.6. The summed E-state index contributed by atoms with van der Waals surface area (Å²) in [5.41, 5.74) is 2.14. The van der Waals surface area contributed by atoms with E-state index in [0.29, 0.717) is 44.1 Å². The molecule has 0 atom stereocenters. The third kappa shape index (κ3) is 5.62. The average molecular weight is 669 g/mol. The molecule has 0 spiro atoms. The second-order valence-electron chi connectivity index (χ2n) is 7.88. The molecule has 0 unspecified atom stereocenters. The van der Waals surface area contributed by atoms with Crippen molar-refractivity contribution in [2.75, 3.05) is 0 Å². The van der Waals surface area contributed by atoms with Crippen molar-refractivity contribution in [1.82, 2.24) is 9.66 Å². The summed E-state index contributed by atoms with van der Waals surface area (Å²) in [5, 5.41) is 5.39. The molecule has 174 valence electrons. The van der Waals surface area contributed by atoms with Crippen LogP contribution in [0.5, 0.6) is 5.75 Å². The summed E-state index contributed by atoms with van der Waals surface area (Å²) in [6.07, 6.45) is 1.59. The molecule has 0 radical (unpaired) electrons. The Kier molecular flexibility index (Phi) is 7.92. The number of hydrogen-bond donors (Lipinski definition) is 0. The van der Waals surface area contributed by atoms with Gasteiger partial charge in [0.05, 0.1) is 26.6 Å². The maximum absolute atomic E-state index is 13.2. The number of aromatic nitrogens is 2. The van der Waals surface area contributed by atoms with E-state index in [-0.39, 0.29) is 11.5 Å². The molecule has 0 saturated heterocycles. The highest BCUT2D eigenvalue weighted by Crippen LogP contribution is 2.35. The molecule has 1 aromatic heterocycles. The fraction of sp³-hybridized carbons (Fsp3) is 0.160. The van der Waals surface area contributed by atoms with E-state index in [1.54, 1.807) is 18.3 Å². The lowest BCUT2D eigenvalue weighted by atomic mass is 10.2. The highest BCUT2D eigenvalue weighted by molar-refractivity contribution is 9.11. The largest absolute Gasteiger partial charge is 0.486 e. The Morgan fingerprint density at radius 2 is 1.76 bits per heavy atom. The van der Waals surface area contributed by atoms with Gasteiger partial charge in [-0.2, -0.15) is 9.78 Å². The lowest BCUT2D eigenvalue weighted by molar-refractivity contribution is 0.304. The number of hydrogen-bond acceptors (Lipinski definition) is 4. The molecular formula is C25H19Br3ClN3O2. The average Bonchev–Trinajstić information content (AvgIpc) is 2.79. The number of halogens is 4. The third-order valence-electron chi connectivity index (χ3n) is 4.99. The standard InChI is InChI=1S/C25H19Br3ClN3O2/c1-14(2)24-31-22-8-7-18(27)11-19(22)25(33)32(24)30-12-16-9-20(28)23(21(29)10-16)34-13-15-3-5-17(26)6-4-15/h3-12,14H,13H2,1-2H3. The van der Waals surface area contributed by atoms with Gasteiger partial charge in [0.25, 0.3) is 5.56 Å². The second-order valence-corrected chi connectivity index (χ2v) is 11.0. The molecule has 9 heteroatoms. The molecule has 0 bridgehead atoms. The van der Waals surface area contributed by atoms with Gasteiger partial charge in [-0.25, -0.2) is 4.98 Å². The summed E-state index contributed by atoms with van der Waals surface area (Å²) in [6, 6.07) is 16.9. The van der Waals surface area contributed by atoms with E-state index >= 15 is 0 Å².